The first-order valence-electron chi connectivity index (χ1n) is 6.59. The smallest absolute Gasteiger partial charge is 0.221 e. The number of ether oxygens (including phenoxy) is 1. The highest BCUT2D eigenvalue weighted by Gasteiger charge is 2.16. The minimum atomic E-state index is 0.0574. The van der Waals surface area contributed by atoms with Crippen LogP contribution in [-0.4, -0.2) is 37.1 Å². The number of halogens is 1. The summed E-state index contributed by atoms with van der Waals surface area (Å²) in [6.45, 7) is 1.44. The summed E-state index contributed by atoms with van der Waals surface area (Å²) in [6, 6.07) is 5.70. The maximum atomic E-state index is 11.9. The predicted octanol–water partition coefficient (Wildman–Crippen LogP) is 2.06. The average molecular weight is 315 g/mol. The molecule has 0 spiro atoms. The predicted molar refractivity (Wildman–Crippen MR) is 83.6 cm³/mol. The second kappa shape index (κ2) is 7.76. The molecule has 1 aromatic carbocycles. The van der Waals surface area contributed by atoms with Crippen LogP contribution in [0.25, 0.3) is 0 Å². The molecular formula is C14H19ClN2O2S. The molecule has 2 rings (SSSR count). The molecule has 0 bridgehead atoms. The zero-order valence-electron chi connectivity index (χ0n) is 11.4. The number of amides is 1. The molecule has 2 N–H and O–H groups in total. The van der Waals surface area contributed by atoms with Crippen molar-refractivity contribution in [2.24, 2.45) is 0 Å². The van der Waals surface area contributed by atoms with Gasteiger partial charge in [-0.25, -0.2) is 0 Å². The van der Waals surface area contributed by atoms with Crippen LogP contribution in [0.1, 0.15) is 12.0 Å². The van der Waals surface area contributed by atoms with E-state index in [4.69, 9.17) is 16.3 Å². The van der Waals surface area contributed by atoms with E-state index in [1.807, 2.05) is 17.8 Å². The van der Waals surface area contributed by atoms with Crippen LogP contribution in [0.4, 0.5) is 0 Å². The van der Waals surface area contributed by atoms with Crippen LogP contribution >= 0.6 is 23.4 Å². The van der Waals surface area contributed by atoms with Crippen molar-refractivity contribution >= 4 is 29.3 Å². The topological polar surface area (TPSA) is 50.4 Å². The van der Waals surface area contributed by atoms with Gasteiger partial charge in [0.2, 0.25) is 5.91 Å². The molecule has 20 heavy (non-hydrogen) atoms. The number of carbonyl (C=O) groups excluding carboxylic acids is 1. The molecule has 0 aromatic heterocycles. The Morgan fingerprint density at radius 2 is 2.45 bits per heavy atom. The molecule has 1 saturated heterocycles. The van der Waals surface area contributed by atoms with Crippen molar-refractivity contribution in [3.63, 3.8) is 0 Å². The zero-order chi connectivity index (χ0) is 14.4. The van der Waals surface area contributed by atoms with Gasteiger partial charge in [0.05, 0.1) is 7.11 Å². The zero-order valence-corrected chi connectivity index (χ0v) is 13.0. The van der Waals surface area contributed by atoms with Gasteiger partial charge in [-0.1, -0.05) is 17.7 Å². The number of hydrogen-bond acceptors (Lipinski definition) is 4. The average Bonchev–Trinajstić information content (AvgIpc) is 2.47. The first kappa shape index (κ1) is 15.5. The van der Waals surface area contributed by atoms with Crippen LogP contribution < -0.4 is 15.4 Å². The van der Waals surface area contributed by atoms with Gasteiger partial charge in [-0.15, -0.1) is 0 Å². The Bertz CT molecular complexity index is 464. The molecule has 0 aliphatic carbocycles. The summed E-state index contributed by atoms with van der Waals surface area (Å²) in [4.78, 5) is 11.9. The van der Waals surface area contributed by atoms with Gasteiger partial charge < -0.3 is 15.4 Å². The van der Waals surface area contributed by atoms with E-state index in [0.717, 1.165) is 23.6 Å². The fourth-order valence-corrected chi connectivity index (χ4v) is 3.22. The monoisotopic (exact) mass is 314 g/mol. The number of methoxy groups -OCH3 is 1. The van der Waals surface area contributed by atoms with Crippen molar-refractivity contribution in [1.29, 1.82) is 0 Å². The van der Waals surface area contributed by atoms with Gasteiger partial charge in [0.1, 0.15) is 5.75 Å². The summed E-state index contributed by atoms with van der Waals surface area (Å²) in [6.07, 6.45) is 0.517. The van der Waals surface area contributed by atoms with E-state index in [-0.39, 0.29) is 11.9 Å². The summed E-state index contributed by atoms with van der Waals surface area (Å²) < 4.78 is 5.26. The number of benzene rings is 1. The van der Waals surface area contributed by atoms with Crippen molar-refractivity contribution in [2.75, 3.05) is 25.2 Å². The SMILES string of the molecule is COc1cc(Cl)ccc1CNC(=O)CC1CSCCN1. The van der Waals surface area contributed by atoms with Crippen molar-refractivity contribution < 1.29 is 9.53 Å². The van der Waals surface area contributed by atoms with Gasteiger partial charge in [0.25, 0.3) is 0 Å². The Labute approximate surface area is 128 Å². The number of rotatable bonds is 5. The molecule has 4 nitrogen and oxygen atoms in total. The van der Waals surface area contributed by atoms with E-state index in [1.54, 1.807) is 19.2 Å². The van der Waals surface area contributed by atoms with Crippen LogP contribution in [0, 0.1) is 0 Å². The lowest BCUT2D eigenvalue weighted by Crippen LogP contribution is -2.41. The molecule has 110 valence electrons. The second-order valence-electron chi connectivity index (χ2n) is 4.66. The van der Waals surface area contributed by atoms with Gasteiger partial charge >= 0.3 is 0 Å². The van der Waals surface area contributed by atoms with E-state index in [0.29, 0.717) is 23.7 Å². The molecular weight excluding hydrogens is 296 g/mol. The Kier molecular flexibility index (Phi) is 6.01. The maximum Gasteiger partial charge on any atom is 0.221 e. The number of hydrogen-bond donors (Lipinski definition) is 2. The summed E-state index contributed by atoms with van der Waals surface area (Å²) in [5.74, 6) is 2.88. The third-order valence-corrected chi connectivity index (χ3v) is 4.52. The summed E-state index contributed by atoms with van der Waals surface area (Å²) in [7, 11) is 1.60. The first-order valence-corrected chi connectivity index (χ1v) is 8.12. The minimum absolute atomic E-state index is 0.0574. The van der Waals surface area contributed by atoms with Gasteiger partial charge in [-0.3, -0.25) is 4.79 Å². The largest absolute Gasteiger partial charge is 0.496 e. The van der Waals surface area contributed by atoms with Crippen LogP contribution in [0.2, 0.25) is 5.02 Å². The Morgan fingerprint density at radius 3 is 3.15 bits per heavy atom. The van der Waals surface area contributed by atoms with E-state index in [2.05, 4.69) is 10.6 Å². The van der Waals surface area contributed by atoms with E-state index >= 15 is 0 Å². The molecule has 1 heterocycles. The normalized spacial score (nSPS) is 18.6. The summed E-state index contributed by atoms with van der Waals surface area (Å²) in [5, 5.41) is 6.91. The van der Waals surface area contributed by atoms with Crippen molar-refractivity contribution in [3.8, 4) is 5.75 Å². The highest BCUT2D eigenvalue weighted by Crippen LogP contribution is 2.22. The number of nitrogens with one attached hydrogen (secondary N) is 2. The molecule has 6 heteroatoms. The van der Waals surface area contributed by atoms with Crippen LogP contribution in [0.5, 0.6) is 5.75 Å². The fraction of sp³-hybridized carbons (Fsp3) is 0.500. The van der Waals surface area contributed by atoms with Gasteiger partial charge in [0, 0.05) is 47.6 Å². The summed E-state index contributed by atoms with van der Waals surface area (Å²) >= 11 is 7.80. The molecule has 1 fully saturated rings. The van der Waals surface area contributed by atoms with E-state index < -0.39 is 0 Å². The Morgan fingerprint density at radius 1 is 1.60 bits per heavy atom. The third-order valence-electron chi connectivity index (χ3n) is 3.16. The standard InChI is InChI=1S/C14H19ClN2O2S/c1-19-13-6-11(15)3-2-10(13)8-17-14(18)7-12-9-20-5-4-16-12/h2-3,6,12,16H,4-5,7-9H2,1H3,(H,17,18). The third kappa shape index (κ3) is 4.58. The van der Waals surface area contributed by atoms with E-state index in [1.165, 1.54) is 0 Å². The van der Waals surface area contributed by atoms with Crippen LogP contribution in [-0.2, 0) is 11.3 Å². The summed E-state index contributed by atoms with van der Waals surface area (Å²) in [5.41, 5.74) is 0.927. The highest BCUT2D eigenvalue weighted by molar-refractivity contribution is 7.99. The molecule has 1 amide bonds. The number of thioether (sulfide) groups is 1. The van der Waals surface area contributed by atoms with Gasteiger partial charge in [0.15, 0.2) is 0 Å². The lowest BCUT2D eigenvalue weighted by molar-refractivity contribution is -0.121. The van der Waals surface area contributed by atoms with Crippen LogP contribution in [0.3, 0.4) is 0 Å². The van der Waals surface area contributed by atoms with Gasteiger partial charge in [-0.2, -0.15) is 11.8 Å². The molecule has 0 radical (unpaired) electrons. The Hall–Kier alpha value is -0.910. The quantitative estimate of drug-likeness (QED) is 0.873. The number of carbonyl (C=O) groups is 1. The minimum Gasteiger partial charge on any atom is -0.496 e. The Balaban J connectivity index is 1.83. The second-order valence-corrected chi connectivity index (χ2v) is 6.25. The van der Waals surface area contributed by atoms with Crippen molar-refractivity contribution in [1.82, 2.24) is 10.6 Å². The van der Waals surface area contributed by atoms with Crippen molar-refractivity contribution in [2.45, 2.75) is 19.0 Å². The van der Waals surface area contributed by atoms with Crippen molar-refractivity contribution in [3.05, 3.63) is 28.8 Å². The molecule has 1 aliphatic heterocycles. The molecule has 1 atom stereocenters. The fourth-order valence-electron chi connectivity index (χ4n) is 2.11. The molecule has 1 aliphatic rings. The van der Waals surface area contributed by atoms with Gasteiger partial charge in [-0.05, 0) is 12.1 Å². The molecule has 1 aromatic rings. The maximum absolute atomic E-state index is 11.9. The molecule has 0 saturated carbocycles. The highest BCUT2D eigenvalue weighted by atomic mass is 35.5. The molecule has 1 unspecified atom stereocenters. The lowest BCUT2D eigenvalue weighted by Gasteiger charge is -2.22. The lowest BCUT2D eigenvalue weighted by atomic mass is 10.2. The van der Waals surface area contributed by atoms with E-state index in [9.17, 15) is 4.79 Å². The first-order chi connectivity index (χ1) is 9.69. The van der Waals surface area contributed by atoms with Crippen LogP contribution in [0.15, 0.2) is 18.2 Å².